The zero-order valence-electron chi connectivity index (χ0n) is 9.37. The maximum atomic E-state index is 10.9. The van der Waals surface area contributed by atoms with Crippen LogP contribution in [0, 0.1) is 5.92 Å². The highest BCUT2D eigenvalue weighted by Gasteiger charge is 2.52. The average Bonchev–Trinajstić information content (AvgIpc) is 2.83. The van der Waals surface area contributed by atoms with Crippen molar-refractivity contribution in [3.63, 3.8) is 0 Å². The third-order valence-electron chi connectivity index (χ3n) is 2.56. The minimum atomic E-state index is -0.616. The third-order valence-corrected chi connectivity index (χ3v) is 3.49. The molecule has 1 fully saturated rings. The molecule has 5 heteroatoms. The molecule has 1 aromatic carbocycles. The van der Waals surface area contributed by atoms with Crippen LogP contribution in [-0.4, -0.2) is 16.8 Å². The van der Waals surface area contributed by atoms with Gasteiger partial charge in [-0.3, -0.25) is 4.79 Å². The molecule has 1 aromatic rings. The van der Waals surface area contributed by atoms with E-state index in [9.17, 15) is 4.79 Å². The van der Waals surface area contributed by atoms with Crippen molar-refractivity contribution in [2.45, 2.75) is 17.7 Å². The molecule has 0 heterocycles. The monoisotopic (exact) mass is 273 g/mol. The number of carbonyl (C=O) groups excluding carboxylic acids is 1. The molecule has 1 aliphatic rings. The molecule has 0 saturated heterocycles. The second kappa shape index (κ2) is 4.75. The number of benzene rings is 1. The lowest BCUT2D eigenvalue weighted by atomic mass is 10.3. The van der Waals surface area contributed by atoms with Crippen LogP contribution in [0.4, 0.5) is 5.69 Å². The van der Waals surface area contributed by atoms with E-state index in [0.717, 1.165) is 6.42 Å². The normalized spacial score (nSPS) is 20.8. The highest BCUT2D eigenvalue weighted by molar-refractivity contribution is 6.50. The van der Waals surface area contributed by atoms with Crippen molar-refractivity contribution < 1.29 is 9.53 Å². The summed E-state index contributed by atoms with van der Waals surface area (Å²) < 4.78 is 4.95. The van der Waals surface area contributed by atoms with Gasteiger partial charge in [-0.05, 0) is 18.6 Å². The number of hydrogen-bond acceptors (Lipinski definition) is 2. The van der Waals surface area contributed by atoms with Gasteiger partial charge in [-0.2, -0.15) is 0 Å². The topological polar surface area (TPSA) is 38.3 Å². The first-order valence-electron chi connectivity index (χ1n) is 5.35. The summed E-state index contributed by atoms with van der Waals surface area (Å²) in [6.45, 7) is 1.96. The van der Waals surface area contributed by atoms with Gasteiger partial charge >= 0.3 is 0 Å². The van der Waals surface area contributed by atoms with Gasteiger partial charge in [0.2, 0.25) is 5.91 Å². The largest absolute Gasteiger partial charge is 0.493 e. The van der Waals surface area contributed by atoms with Crippen LogP contribution in [0.1, 0.15) is 13.3 Å². The van der Waals surface area contributed by atoms with Crippen LogP contribution in [0.15, 0.2) is 24.3 Å². The number of nitrogens with one attached hydrogen (secondary N) is 1. The Labute approximate surface area is 110 Å². The number of hydrogen-bond donors (Lipinski definition) is 1. The minimum Gasteiger partial charge on any atom is -0.493 e. The molecule has 0 aliphatic heterocycles. The van der Waals surface area contributed by atoms with E-state index in [0.29, 0.717) is 18.0 Å². The Morgan fingerprint density at radius 2 is 2.29 bits per heavy atom. The number of rotatable bonds is 4. The fourth-order valence-corrected chi connectivity index (χ4v) is 2.01. The molecular weight excluding hydrogens is 261 g/mol. The van der Waals surface area contributed by atoms with Gasteiger partial charge in [0.05, 0.1) is 6.61 Å². The van der Waals surface area contributed by atoms with Crippen LogP contribution in [0.3, 0.4) is 0 Å². The van der Waals surface area contributed by atoms with E-state index in [1.165, 1.54) is 6.92 Å². The number of carbonyl (C=O) groups is 1. The molecule has 1 aliphatic carbocycles. The van der Waals surface area contributed by atoms with Crippen molar-refractivity contribution in [3.05, 3.63) is 24.3 Å². The number of amides is 1. The van der Waals surface area contributed by atoms with E-state index >= 15 is 0 Å². The summed E-state index contributed by atoms with van der Waals surface area (Å²) in [5.41, 5.74) is 0.716. The molecular formula is C12H13Cl2NO2. The summed E-state index contributed by atoms with van der Waals surface area (Å²) in [5, 5.41) is 2.69. The van der Waals surface area contributed by atoms with E-state index in [-0.39, 0.29) is 11.8 Å². The predicted molar refractivity (Wildman–Crippen MR) is 68.8 cm³/mol. The zero-order chi connectivity index (χ0) is 12.5. The summed E-state index contributed by atoms with van der Waals surface area (Å²) in [6, 6.07) is 7.23. The van der Waals surface area contributed by atoms with E-state index in [2.05, 4.69) is 5.32 Å². The highest BCUT2D eigenvalue weighted by Crippen LogP contribution is 2.53. The van der Waals surface area contributed by atoms with Crippen molar-refractivity contribution >= 4 is 34.8 Å². The highest BCUT2D eigenvalue weighted by atomic mass is 35.5. The first kappa shape index (κ1) is 12.5. The zero-order valence-corrected chi connectivity index (χ0v) is 10.9. The van der Waals surface area contributed by atoms with Gasteiger partial charge in [0.15, 0.2) is 0 Å². The van der Waals surface area contributed by atoms with Crippen LogP contribution in [-0.2, 0) is 4.79 Å². The summed E-state index contributed by atoms with van der Waals surface area (Å²) in [4.78, 5) is 10.9. The van der Waals surface area contributed by atoms with Crippen molar-refractivity contribution in [2.75, 3.05) is 11.9 Å². The fraction of sp³-hybridized carbons (Fsp3) is 0.417. The quantitative estimate of drug-likeness (QED) is 0.856. The number of halogens is 2. The Bertz CT molecular complexity index is 434. The molecule has 1 saturated carbocycles. The maximum absolute atomic E-state index is 10.9. The van der Waals surface area contributed by atoms with Gasteiger partial charge < -0.3 is 10.1 Å². The van der Waals surface area contributed by atoms with Crippen LogP contribution >= 0.6 is 23.2 Å². The molecule has 1 amide bonds. The predicted octanol–water partition coefficient (Wildman–Crippen LogP) is 3.22. The van der Waals surface area contributed by atoms with E-state index in [4.69, 9.17) is 27.9 Å². The van der Waals surface area contributed by atoms with Crippen molar-refractivity contribution in [1.82, 2.24) is 0 Å². The molecule has 2 rings (SSSR count). The van der Waals surface area contributed by atoms with Crippen LogP contribution in [0.2, 0.25) is 0 Å². The Balaban J connectivity index is 1.90. The Kier molecular flexibility index (Phi) is 3.50. The fourth-order valence-electron chi connectivity index (χ4n) is 1.51. The van der Waals surface area contributed by atoms with Gasteiger partial charge in [0.1, 0.15) is 10.1 Å². The third kappa shape index (κ3) is 3.51. The molecule has 1 N–H and O–H groups in total. The van der Waals surface area contributed by atoms with E-state index in [1.807, 2.05) is 12.1 Å². The smallest absolute Gasteiger partial charge is 0.221 e. The lowest BCUT2D eigenvalue weighted by Gasteiger charge is -2.08. The Morgan fingerprint density at radius 3 is 2.88 bits per heavy atom. The van der Waals surface area contributed by atoms with Crippen molar-refractivity contribution in [3.8, 4) is 5.75 Å². The number of anilines is 1. The van der Waals surface area contributed by atoms with E-state index < -0.39 is 4.33 Å². The average molecular weight is 274 g/mol. The van der Waals surface area contributed by atoms with Crippen LogP contribution in [0.25, 0.3) is 0 Å². The summed E-state index contributed by atoms with van der Waals surface area (Å²) >= 11 is 11.8. The van der Waals surface area contributed by atoms with Crippen molar-refractivity contribution in [1.29, 1.82) is 0 Å². The second-order valence-electron chi connectivity index (χ2n) is 4.18. The van der Waals surface area contributed by atoms with E-state index in [1.54, 1.807) is 12.1 Å². The molecule has 0 unspecified atom stereocenters. The second-order valence-corrected chi connectivity index (χ2v) is 5.72. The van der Waals surface area contributed by atoms with Crippen molar-refractivity contribution in [2.24, 2.45) is 5.92 Å². The molecule has 3 nitrogen and oxygen atoms in total. The Morgan fingerprint density at radius 1 is 1.59 bits per heavy atom. The van der Waals surface area contributed by atoms with Gasteiger partial charge in [-0.15, -0.1) is 23.2 Å². The van der Waals surface area contributed by atoms with Crippen LogP contribution < -0.4 is 10.1 Å². The molecule has 1 atom stereocenters. The molecule has 17 heavy (non-hydrogen) atoms. The SMILES string of the molecule is CC(=O)Nc1cccc(OC[C@H]2CC2(Cl)Cl)c1. The lowest BCUT2D eigenvalue weighted by molar-refractivity contribution is -0.114. The maximum Gasteiger partial charge on any atom is 0.221 e. The van der Waals surface area contributed by atoms with Gasteiger partial charge in [0.25, 0.3) is 0 Å². The minimum absolute atomic E-state index is 0.107. The Hall–Kier alpha value is -0.930. The van der Waals surface area contributed by atoms with Gasteiger partial charge in [0, 0.05) is 24.6 Å². The summed E-state index contributed by atoms with van der Waals surface area (Å²) in [7, 11) is 0. The number of ether oxygens (including phenoxy) is 1. The molecule has 0 spiro atoms. The number of alkyl halides is 2. The molecule has 0 radical (unpaired) electrons. The standard InChI is InChI=1S/C12H13Cl2NO2/c1-8(16)15-10-3-2-4-11(5-10)17-7-9-6-12(9,13)14/h2-5,9H,6-7H2,1H3,(H,15,16)/t9-/m1/s1. The molecule has 0 bridgehead atoms. The van der Waals surface area contributed by atoms with Crippen LogP contribution in [0.5, 0.6) is 5.75 Å². The summed E-state index contributed by atoms with van der Waals surface area (Å²) in [6.07, 6.45) is 0.765. The van der Waals surface area contributed by atoms with Gasteiger partial charge in [-0.25, -0.2) is 0 Å². The first-order chi connectivity index (χ1) is 7.97. The first-order valence-corrected chi connectivity index (χ1v) is 6.11. The molecule has 92 valence electrons. The summed E-state index contributed by atoms with van der Waals surface area (Å²) in [5.74, 6) is 0.785. The van der Waals surface area contributed by atoms with Gasteiger partial charge in [-0.1, -0.05) is 6.07 Å². The lowest BCUT2D eigenvalue weighted by Crippen LogP contribution is -2.07. The molecule has 0 aromatic heterocycles.